The van der Waals surface area contributed by atoms with Crippen LogP contribution in [0.2, 0.25) is 0 Å². The maximum atomic E-state index is 13.0. The molecule has 0 saturated heterocycles. The smallest absolute Gasteiger partial charge is 0.233 e. The SMILES string of the molecule is CCN(C(=O)CSc1cccs1)C(C)c1ccc(F)cc1. The van der Waals surface area contributed by atoms with E-state index in [1.165, 1.54) is 12.1 Å². The molecular weight excluding hydrogens is 305 g/mol. The Bertz CT molecular complexity index is 568. The van der Waals surface area contributed by atoms with Crippen LogP contribution in [0.5, 0.6) is 0 Å². The number of carbonyl (C=O) groups excluding carboxylic acids is 1. The second-order valence-corrected chi connectivity index (χ2v) is 6.85. The normalized spacial score (nSPS) is 12.1. The summed E-state index contributed by atoms with van der Waals surface area (Å²) in [4.78, 5) is 14.2. The lowest BCUT2D eigenvalue weighted by atomic mass is 10.1. The van der Waals surface area contributed by atoms with Crippen molar-refractivity contribution in [1.82, 2.24) is 4.90 Å². The Morgan fingerprint density at radius 2 is 2.05 bits per heavy atom. The van der Waals surface area contributed by atoms with E-state index in [0.717, 1.165) is 9.77 Å². The number of nitrogens with zero attached hydrogens (tertiary/aromatic N) is 1. The average molecular weight is 323 g/mol. The van der Waals surface area contributed by atoms with Crippen LogP contribution in [0.25, 0.3) is 0 Å². The Kier molecular flexibility index (Phi) is 5.82. The molecule has 0 fully saturated rings. The summed E-state index contributed by atoms with van der Waals surface area (Å²) >= 11 is 3.20. The minimum absolute atomic E-state index is 0.0490. The van der Waals surface area contributed by atoms with Crippen LogP contribution >= 0.6 is 23.1 Å². The Labute approximate surface area is 133 Å². The molecule has 0 aliphatic carbocycles. The van der Waals surface area contributed by atoms with E-state index in [-0.39, 0.29) is 17.8 Å². The van der Waals surface area contributed by atoms with Gasteiger partial charge < -0.3 is 4.90 Å². The van der Waals surface area contributed by atoms with Crippen LogP contribution in [0.4, 0.5) is 4.39 Å². The second kappa shape index (κ2) is 7.61. The number of carbonyl (C=O) groups is 1. The van der Waals surface area contributed by atoms with Gasteiger partial charge in [-0.3, -0.25) is 4.79 Å². The number of rotatable bonds is 6. The van der Waals surface area contributed by atoms with Crippen molar-refractivity contribution in [3.05, 3.63) is 53.2 Å². The number of hydrogen-bond acceptors (Lipinski definition) is 3. The Hall–Kier alpha value is -1.33. The van der Waals surface area contributed by atoms with Crippen molar-refractivity contribution in [3.63, 3.8) is 0 Å². The average Bonchev–Trinajstić information content (AvgIpc) is 3.00. The molecule has 5 heteroatoms. The number of benzene rings is 1. The summed E-state index contributed by atoms with van der Waals surface area (Å²) in [6.07, 6.45) is 0. The second-order valence-electron chi connectivity index (χ2n) is 4.63. The standard InChI is InChI=1S/C16H18FNOS2/c1-3-18(12(2)13-6-8-14(17)9-7-13)15(19)11-21-16-5-4-10-20-16/h4-10,12H,3,11H2,1-2H3. The summed E-state index contributed by atoms with van der Waals surface area (Å²) in [5, 5.41) is 2.01. The van der Waals surface area contributed by atoms with E-state index >= 15 is 0 Å². The van der Waals surface area contributed by atoms with Gasteiger partial charge in [0.05, 0.1) is 16.0 Å². The van der Waals surface area contributed by atoms with Crippen LogP contribution in [0.3, 0.4) is 0 Å². The van der Waals surface area contributed by atoms with Crippen molar-refractivity contribution in [1.29, 1.82) is 0 Å². The molecule has 2 rings (SSSR count). The van der Waals surface area contributed by atoms with Crippen LogP contribution in [0, 0.1) is 5.82 Å². The van der Waals surface area contributed by atoms with Crippen molar-refractivity contribution >= 4 is 29.0 Å². The topological polar surface area (TPSA) is 20.3 Å². The minimum atomic E-state index is -0.256. The predicted molar refractivity (Wildman–Crippen MR) is 87.2 cm³/mol. The van der Waals surface area contributed by atoms with Gasteiger partial charge in [-0.25, -0.2) is 4.39 Å². The molecule has 1 amide bonds. The number of thiophene rings is 1. The first kappa shape index (κ1) is 16.0. The van der Waals surface area contributed by atoms with Gasteiger partial charge in [-0.15, -0.1) is 23.1 Å². The molecule has 0 aliphatic rings. The Morgan fingerprint density at radius 3 is 2.62 bits per heavy atom. The van der Waals surface area contributed by atoms with Gasteiger partial charge in [0.25, 0.3) is 0 Å². The Morgan fingerprint density at radius 1 is 1.33 bits per heavy atom. The lowest BCUT2D eigenvalue weighted by Crippen LogP contribution is -2.34. The molecule has 112 valence electrons. The zero-order valence-electron chi connectivity index (χ0n) is 12.1. The van der Waals surface area contributed by atoms with Gasteiger partial charge >= 0.3 is 0 Å². The maximum Gasteiger partial charge on any atom is 0.233 e. The van der Waals surface area contributed by atoms with Gasteiger partial charge in [-0.05, 0) is 43.0 Å². The highest BCUT2D eigenvalue weighted by molar-refractivity contribution is 8.01. The monoisotopic (exact) mass is 323 g/mol. The summed E-state index contributed by atoms with van der Waals surface area (Å²) in [5.74, 6) is 0.279. The van der Waals surface area contributed by atoms with Crippen molar-refractivity contribution in [2.75, 3.05) is 12.3 Å². The van der Waals surface area contributed by atoms with Crippen molar-refractivity contribution in [2.24, 2.45) is 0 Å². The van der Waals surface area contributed by atoms with Gasteiger partial charge in [-0.1, -0.05) is 18.2 Å². The van der Waals surface area contributed by atoms with E-state index < -0.39 is 0 Å². The summed E-state index contributed by atoms with van der Waals surface area (Å²) in [6, 6.07) is 10.3. The number of hydrogen-bond donors (Lipinski definition) is 0. The molecule has 1 aromatic carbocycles. The molecule has 1 unspecified atom stereocenters. The molecule has 21 heavy (non-hydrogen) atoms. The molecule has 2 nitrogen and oxygen atoms in total. The fourth-order valence-electron chi connectivity index (χ4n) is 2.15. The first-order valence-corrected chi connectivity index (χ1v) is 8.69. The largest absolute Gasteiger partial charge is 0.335 e. The zero-order chi connectivity index (χ0) is 15.2. The fourth-order valence-corrected chi connectivity index (χ4v) is 3.82. The fraction of sp³-hybridized carbons (Fsp3) is 0.312. The quantitative estimate of drug-likeness (QED) is 0.725. The van der Waals surface area contributed by atoms with Crippen molar-refractivity contribution < 1.29 is 9.18 Å². The molecule has 2 aromatic rings. The van der Waals surface area contributed by atoms with Gasteiger partial charge in [0.2, 0.25) is 5.91 Å². The Balaban J connectivity index is 2.00. The van der Waals surface area contributed by atoms with Gasteiger partial charge in [0.1, 0.15) is 5.82 Å². The molecule has 0 aliphatic heterocycles. The van der Waals surface area contributed by atoms with Crippen LogP contribution in [-0.4, -0.2) is 23.1 Å². The summed E-state index contributed by atoms with van der Waals surface area (Å²) < 4.78 is 14.1. The molecule has 0 spiro atoms. The van der Waals surface area contributed by atoms with Crippen molar-refractivity contribution in [2.45, 2.75) is 24.1 Å². The lowest BCUT2D eigenvalue weighted by molar-refractivity contribution is -0.130. The van der Waals surface area contributed by atoms with E-state index in [2.05, 4.69) is 0 Å². The third kappa shape index (κ3) is 4.32. The summed E-state index contributed by atoms with van der Waals surface area (Å²) in [6.45, 7) is 4.58. The molecule has 1 atom stereocenters. The highest BCUT2D eigenvalue weighted by Gasteiger charge is 2.20. The number of amides is 1. The van der Waals surface area contributed by atoms with E-state index in [9.17, 15) is 9.18 Å². The molecule has 1 aromatic heterocycles. The zero-order valence-corrected chi connectivity index (χ0v) is 13.7. The summed E-state index contributed by atoms with van der Waals surface area (Å²) in [7, 11) is 0. The molecular formula is C16H18FNOS2. The van der Waals surface area contributed by atoms with E-state index in [1.54, 1.807) is 35.2 Å². The number of thioether (sulfide) groups is 1. The van der Waals surface area contributed by atoms with Crippen LogP contribution < -0.4 is 0 Å². The van der Waals surface area contributed by atoms with Crippen molar-refractivity contribution in [3.8, 4) is 0 Å². The molecule has 0 radical (unpaired) electrons. The van der Waals surface area contributed by atoms with Gasteiger partial charge in [0, 0.05) is 6.54 Å². The highest BCUT2D eigenvalue weighted by atomic mass is 32.2. The molecule has 0 saturated carbocycles. The van der Waals surface area contributed by atoms with Gasteiger partial charge in [-0.2, -0.15) is 0 Å². The van der Waals surface area contributed by atoms with Crippen LogP contribution in [0.1, 0.15) is 25.5 Å². The minimum Gasteiger partial charge on any atom is -0.335 e. The molecule has 0 N–H and O–H groups in total. The van der Waals surface area contributed by atoms with E-state index in [4.69, 9.17) is 0 Å². The van der Waals surface area contributed by atoms with Gasteiger partial charge in [0.15, 0.2) is 0 Å². The van der Waals surface area contributed by atoms with E-state index in [1.807, 2.05) is 36.3 Å². The van der Waals surface area contributed by atoms with E-state index in [0.29, 0.717) is 12.3 Å². The maximum absolute atomic E-state index is 13.0. The van der Waals surface area contributed by atoms with Crippen LogP contribution in [0.15, 0.2) is 46.0 Å². The third-order valence-corrected chi connectivity index (χ3v) is 5.43. The highest BCUT2D eigenvalue weighted by Crippen LogP contribution is 2.26. The first-order valence-electron chi connectivity index (χ1n) is 6.83. The van der Waals surface area contributed by atoms with Crippen LogP contribution in [-0.2, 0) is 4.79 Å². The first-order chi connectivity index (χ1) is 10.1. The molecule has 1 heterocycles. The third-order valence-electron chi connectivity index (χ3n) is 3.31. The summed E-state index contributed by atoms with van der Waals surface area (Å²) in [5.41, 5.74) is 0.952. The molecule has 0 bridgehead atoms. The predicted octanol–water partition coefficient (Wildman–Crippen LogP) is 4.59. The number of halogens is 1. The lowest BCUT2D eigenvalue weighted by Gasteiger charge is -2.28.